The molecule has 0 saturated carbocycles. The number of rotatable bonds is 9. The molecule has 0 aliphatic carbocycles. The van der Waals surface area contributed by atoms with Crippen LogP contribution >= 0.6 is 0 Å². The van der Waals surface area contributed by atoms with E-state index in [9.17, 15) is 26.4 Å². The second kappa shape index (κ2) is 14.0. The van der Waals surface area contributed by atoms with Crippen LogP contribution in [0.1, 0.15) is 15.9 Å². The molecule has 1 amide bonds. The summed E-state index contributed by atoms with van der Waals surface area (Å²) in [7, 11) is -0.331. The predicted molar refractivity (Wildman–Crippen MR) is 133 cm³/mol. The number of ether oxygens (including phenoxy) is 2. The van der Waals surface area contributed by atoms with E-state index in [1.807, 2.05) is 24.3 Å². The van der Waals surface area contributed by atoms with E-state index < -0.39 is 22.2 Å². The van der Waals surface area contributed by atoms with Gasteiger partial charge in [-0.3, -0.25) is 4.79 Å². The number of carbonyl (C=O) groups is 2. The Kier molecular flexibility index (Phi) is 11.4. The van der Waals surface area contributed by atoms with Crippen LogP contribution in [-0.4, -0.2) is 93.5 Å². The molecule has 1 saturated heterocycles. The highest BCUT2D eigenvalue weighted by Gasteiger charge is 2.38. The minimum Gasteiger partial charge on any atom is -0.497 e. The fourth-order valence-corrected chi connectivity index (χ4v) is 4.93. The van der Waals surface area contributed by atoms with E-state index in [0.717, 1.165) is 5.56 Å². The Morgan fingerprint density at radius 2 is 1.61 bits per heavy atom. The zero-order chi connectivity index (χ0) is 28.3. The van der Waals surface area contributed by atoms with Gasteiger partial charge in [0.25, 0.3) is 5.91 Å². The van der Waals surface area contributed by atoms with E-state index in [-0.39, 0.29) is 24.7 Å². The second-order valence-corrected chi connectivity index (χ2v) is 10.1. The van der Waals surface area contributed by atoms with Crippen LogP contribution in [0.15, 0.2) is 48.5 Å². The molecule has 38 heavy (non-hydrogen) atoms. The molecule has 0 radical (unpaired) electrons. The third kappa shape index (κ3) is 9.19. The summed E-state index contributed by atoms with van der Waals surface area (Å²) in [6.07, 6.45) is -5.08. The summed E-state index contributed by atoms with van der Waals surface area (Å²) in [4.78, 5) is 23.7. The van der Waals surface area contributed by atoms with Crippen molar-refractivity contribution in [2.24, 2.45) is 0 Å². The van der Waals surface area contributed by atoms with Gasteiger partial charge in [0.05, 0.1) is 20.0 Å². The van der Waals surface area contributed by atoms with Crippen molar-refractivity contribution >= 4 is 21.9 Å². The topological polar surface area (TPSA) is 125 Å². The smallest absolute Gasteiger partial charge is 0.490 e. The van der Waals surface area contributed by atoms with E-state index >= 15 is 0 Å². The molecule has 0 bridgehead atoms. The Bertz CT molecular complexity index is 1170. The Morgan fingerprint density at radius 3 is 2.13 bits per heavy atom. The molecule has 210 valence electrons. The third-order valence-electron chi connectivity index (χ3n) is 5.51. The lowest BCUT2D eigenvalue weighted by Gasteiger charge is -2.29. The SMILES string of the molecule is COc1ccc(C(=O)N(CCS(=O)(=O)N2CCNCC2)Cc2ccccc2OC)cc1.O=C(O)C(F)(F)F. The molecule has 2 aromatic rings. The van der Waals surface area contributed by atoms with Crippen molar-refractivity contribution in [2.75, 3.05) is 52.7 Å². The molecule has 10 nitrogen and oxygen atoms in total. The summed E-state index contributed by atoms with van der Waals surface area (Å²) in [5.74, 6) is -1.84. The van der Waals surface area contributed by atoms with Crippen LogP contribution in [0, 0.1) is 0 Å². The number of nitrogens with zero attached hydrogens (tertiary/aromatic N) is 2. The molecule has 0 aromatic heterocycles. The number of methoxy groups -OCH3 is 2. The Balaban J connectivity index is 0.000000638. The number of hydrogen-bond donors (Lipinski definition) is 2. The van der Waals surface area contributed by atoms with E-state index in [0.29, 0.717) is 43.2 Å². The van der Waals surface area contributed by atoms with Crippen LogP contribution in [0.2, 0.25) is 0 Å². The lowest BCUT2D eigenvalue weighted by molar-refractivity contribution is -0.192. The zero-order valence-electron chi connectivity index (χ0n) is 20.9. The van der Waals surface area contributed by atoms with E-state index in [1.165, 1.54) is 4.31 Å². The molecule has 1 fully saturated rings. The number of sulfonamides is 1. The van der Waals surface area contributed by atoms with E-state index in [4.69, 9.17) is 19.4 Å². The quantitative estimate of drug-likeness (QED) is 0.478. The first-order chi connectivity index (χ1) is 17.9. The Hall–Kier alpha value is -3.36. The van der Waals surface area contributed by atoms with E-state index in [1.54, 1.807) is 43.4 Å². The summed E-state index contributed by atoms with van der Waals surface area (Å²) in [6.45, 7) is 2.48. The molecule has 0 unspecified atom stereocenters. The van der Waals surface area contributed by atoms with E-state index in [2.05, 4.69) is 5.32 Å². The number of amides is 1. The number of hydrogen-bond acceptors (Lipinski definition) is 7. The van der Waals surface area contributed by atoms with Crippen LogP contribution in [0.25, 0.3) is 0 Å². The molecule has 1 aliphatic heterocycles. The van der Waals surface area contributed by atoms with Gasteiger partial charge in [-0.1, -0.05) is 18.2 Å². The third-order valence-corrected chi connectivity index (χ3v) is 7.36. The summed E-state index contributed by atoms with van der Waals surface area (Å²) < 4.78 is 69.5. The van der Waals surface area contributed by atoms with Crippen molar-refractivity contribution in [3.05, 3.63) is 59.7 Å². The number of carboxylic acids is 1. The summed E-state index contributed by atoms with van der Waals surface area (Å²) in [5.41, 5.74) is 1.28. The maximum Gasteiger partial charge on any atom is 0.490 e. The number of benzene rings is 2. The fraction of sp³-hybridized carbons (Fsp3) is 0.417. The zero-order valence-corrected chi connectivity index (χ0v) is 21.7. The van der Waals surface area contributed by atoms with Gasteiger partial charge in [-0.25, -0.2) is 13.2 Å². The maximum absolute atomic E-state index is 13.3. The molecule has 1 heterocycles. The van der Waals surface area contributed by atoms with Gasteiger partial charge >= 0.3 is 12.1 Å². The first-order valence-corrected chi connectivity index (χ1v) is 13.0. The summed E-state index contributed by atoms with van der Waals surface area (Å²) in [6, 6.07) is 14.2. The number of carbonyl (C=O) groups excluding carboxylic acids is 1. The van der Waals surface area contributed by atoms with Gasteiger partial charge in [-0.15, -0.1) is 0 Å². The normalized spacial score (nSPS) is 14.1. The van der Waals surface area contributed by atoms with Crippen LogP contribution in [0.5, 0.6) is 11.5 Å². The number of nitrogens with one attached hydrogen (secondary N) is 1. The van der Waals surface area contributed by atoms with Crippen molar-refractivity contribution in [1.29, 1.82) is 0 Å². The maximum atomic E-state index is 13.3. The first kappa shape index (κ1) is 30.9. The monoisotopic (exact) mass is 561 g/mol. The number of para-hydroxylation sites is 1. The second-order valence-electron chi connectivity index (χ2n) is 8.04. The number of carboxylic acid groups (broad SMARTS) is 1. The summed E-state index contributed by atoms with van der Waals surface area (Å²) in [5, 5.41) is 10.3. The lowest BCUT2D eigenvalue weighted by Crippen LogP contribution is -2.48. The summed E-state index contributed by atoms with van der Waals surface area (Å²) >= 11 is 0. The van der Waals surface area contributed by atoms with Gasteiger partial charge < -0.3 is 24.8 Å². The van der Waals surface area contributed by atoms with Crippen LogP contribution in [0.3, 0.4) is 0 Å². The molecular formula is C24H30F3N3O7S. The van der Waals surface area contributed by atoms with Gasteiger partial charge in [-0.2, -0.15) is 17.5 Å². The van der Waals surface area contributed by atoms with Gasteiger partial charge in [0.15, 0.2) is 0 Å². The van der Waals surface area contributed by atoms with Crippen LogP contribution < -0.4 is 14.8 Å². The van der Waals surface area contributed by atoms with Gasteiger partial charge in [0.2, 0.25) is 10.0 Å². The van der Waals surface area contributed by atoms with Crippen molar-refractivity contribution in [1.82, 2.24) is 14.5 Å². The minimum absolute atomic E-state index is 0.0785. The largest absolute Gasteiger partial charge is 0.497 e. The molecular weight excluding hydrogens is 531 g/mol. The lowest BCUT2D eigenvalue weighted by atomic mass is 10.1. The molecule has 0 atom stereocenters. The van der Waals surface area contributed by atoms with Gasteiger partial charge in [0, 0.05) is 50.4 Å². The highest BCUT2D eigenvalue weighted by Crippen LogP contribution is 2.21. The van der Waals surface area contributed by atoms with Gasteiger partial charge in [-0.05, 0) is 30.3 Å². The standard InChI is InChI=1S/C22H29N3O5S.C2HF3O2/c1-29-20-9-7-18(8-10-20)22(26)24(17-19-5-3-4-6-21(19)30-2)15-16-31(27,28)25-13-11-23-12-14-25;3-2(4,5)1(6)7/h3-10,23H,11-17H2,1-2H3;(H,6,7). The Labute approximate surface area is 219 Å². The average Bonchev–Trinajstić information content (AvgIpc) is 2.91. The minimum atomic E-state index is -5.08. The molecule has 2 aromatic carbocycles. The van der Waals surface area contributed by atoms with Gasteiger partial charge in [0.1, 0.15) is 11.5 Å². The number of aliphatic carboxylic acids is 1. The molecule has 2 N–H and O–H groups in total. The predicted octanol–water partition coefficient (Wildman–Crippen LogP) is 2.21. The number of alkyl halides is 3. The van der Waals surface area contributed by atoms with Crippen molar-refractivity contribution in [3.8, 4) is 11.5 Å². The highest BCUT2D eigenvalue weighted by molar-refractivity contribution is 7.89. The van der Waals surface area contributed by atoms with Crippen molar-refractivity contribution in [3.63, 3.8) is 0 Å². The molecule has 1 aliphatic rings. The van der Waals surface area contributed by atoms with Crippen molar-refractivity contribution in [2.45, 2.75) is 12.7 Å². The first-order valence-electron chi connectivity index (χ1n) is 11.4. The molecule has 14 heteroatoms. The Morgan fingerprint density at radius 1 is 1.03 bits per heavy atom. The average molecular weight is 562 g/mol. The molecule has 0 spiro atoms. The number of piperazine rings is 1. The molecule has 3 rings (SSSR count). The fourth-order valence-electron chi connectivity index (χ4n) is 3.48. The van der Waals surface area contributed by atoms with Crippen LogP contribution in [-0.2, 0) is 21.4 Å². The van der Waals surface area contributed by atoms with Crippen LogP contribution in [0.4, 0.5) is 13.2 Å². The van der Waals surface area contributed by atoms with Crippen molar-refractivity contribution < 1.29 is 45.8 Å². The number of halogens is 3. The highest BCUT2D eigenvalue weighted by atomic mass is 32.2.